The van der Waals surface area contributed by atoms with E-state index in [1.165, 1.54) is 5.57 Å². The Hall–Kier alpha value is -3.26. The van der Waals surface area contributed by atoms with Crippen LogP contribution in [-0.2, 0) is 4.74 Å². The predicted octanol–water partition coefficient (Wildman–Crippen LogP) is 6.03. The van der Waals surface area contributed by atoms with E-state index < -0.39 is 5.60 Å². The summed E-state index contributed by atoms with van der Waals surface area (Å²) in [5.41, 5.74) is 4.57. The van der Waals surface area contributed by atoms with Crippen molar-refractivity contribution >= 4 is 11.7 Å². The van der Waals surface area contributed by atoms with Crippen LogP contribution in [0.25, 0.3) is 5.57 Å². The third-order valence-corrected chi connectivity index (χ3v) is 6.32. The third kappa shape index (κ3) is 3.37. The molecule has 0 radical (unpaired) electrons. The molecular formula is C26H26N2O3. The summed E-state index contributed by atoms with van der Waals surface area (Å²) in [7, 11) is 0. The standard InChI is InChI=1S/C26H26N2O3/c1-26(2,3)31-25(29)28-18-11-12-19(28)14-17(13-18)23-20-8-4-5-10-22(20)30-24-16(15-27)7-6-9-21(23)24/h4-10,18-19H,11-14H2,1-3H3. The lowest BCUT2D eigenvalue weighted by atomic mass is 9.83. The fraction of sp³-hybridized carbons (Fsp3) is 0.385. The lowest BCUT2D eigenvalue weighted by Gasteiger charge is -2.38. The minimum Gasteiger partial charge on any atom is -0.455 e. The Labute approximate surface area is 182 Å². The number of carbonyl (C=O) groups excluding carboxylic acids is 1. The van der Waals surface area contributed by atoms with Crippen LogP contribution in [0.2, 0.25) is 0 Å². The zero-order chi connectivity index (χ0) is 21.8. The van der Waals surface area contributed by atoms with E-state index in [0.717, 1.165) is 48.1 Å². The molecule has 2 aromatic carbocycles. The molecule has 3 aliphatic rings. The highest BCUT2D eigenvalue weighted by atomic mass is 16.6. The first kappa shape index (κ1) is 19.7. The summed E-state index contributed by atoms with van der Waals surface area (Å²) in [5.74, 6) is 1.41. The monoisotopic (exact) mass is 414 g/mol. The van der Waals surface area contributed by atoms with Gasteiger partial charge in [-0.3, -0.25) is 0 Å². The topological polar surface area (TPSA) is 62.6 Å². The molecule has 158 valence electrons. The third-order valence-electron chi connectivity index (χ3n) is 6.32. The van der Waals surface area contributed by atoms with Crippen LogP contribution in [0.5, 0.6) is 11.5 Å². The van der Waals surface area contributed by atoms with Gasteiger partial charge in [-0.25, -0.2) is 4.79 Å². The van der Waals surface area contributed by atoms with Crippen molar-refractivity contribution < 1.29 is 14.3 Å². The minimum atomic E-state index is -0.498. The molecule has 2 unspecified atom stereocenters. The van der Waals surface area contributed by atoms with Crippen molar-refractivity contribution in [3.8, 4) is 17.6 Å². The van der Waals surface area contributed by atoms with Gasteiger partial charge in [0, 0.05) is 23.2 Å². The molecule has 2 bridgehead atoms. The van der Waals surface area contributed by atoms with Gasteiger partial charge in [-0.05, 0) is 64.2 Å². The second-order valence-corrected chi connectivity index (χ2v) is 9.55. The molecule has 0 aliphatic carbocycles. The van der Waals surface area contributed by atoms with Gasteiger partial charge < -0.3 is 14.4 Å². The number of nitrogens with zero attached hydrogens (tertiary/aromatic N) is 2. The number of nitriles is 1. The molecule has 0 saturated carbocycles. The highest BCUT2D eigenvalue weighted by Crippen LogP contribution is 2.50. The summed E-state index contributed by atoms with van der Waals surface area (Å²) in [6.07, 6.45) is 3.41. The molecule has 5 heteroatoms. The second kappa shape index (κ2) is 7.16. The molecule has 2 fully saturated rings. The Bertz CT molecular complexity index is 1120. The Balaban J connectivity index is 1.58. The fourth-order valence-corrected chi connectivity index (χ4v) is 5.16. The molecule has 0 spiro atoms. The van der Waals surface area contributed by atoms with Gasteiger partial charge in [-0.15, -0.1) is 0 Å². The number of hydrogen-bond acceptors (Lipinski definition) is 4. The number of benzene rings is 2. The Kier molecular flexibility index (Phi) is 4.55. The smallest absolute Gasteiger partial charge is 0.410 e. The SMILES string of the molecule is CC(C)(C)OC(=O)N1C2CCC1CC(=C1c3ccccc3Oc3c(C#N)cccc31)C2. The molecule has 5 nitrogen and oxygen atoms in total. The van der Waals surface area contributed by atoms with Gasteiger partial charge in [0.05, 0.1) is 5.56 Å². The molecule has 0 N–H and O–H groups in total. The summed E-state index contributed by atoms with van der Waals surface area (Å²) in [6.45, 7) is 5.73. The summed E-state index contributed by atoms with van der Waals surface area (Å²) in [6, 6.07) is 16.3. The highest BCUT2D eigenvalue weighted by molar-refractivity contribution is 5.91. The van der Waals surface area contributed by atoms with E-state index >= 15 is 0 Å². The summed E-state index contributed by atoms with van der Waals surface area (Å²) >= 11 is 0. The minimum absolute atomic E-state index is 0.147. The molecule has 2 atom stereocenters. The van der Waals surface area contributed by atoms with Crippen LogP contribution in [0, 0.1) is 11.3 Å². The normalized spacial score (nSPS) is 21.7. The number of amides is 1. The van der Waals surface area contributed by atoms with E-state index in [4.69, 9.17) is 9.47 Å². The van der Waals surface area contributed by atoms with Crippen LogP contribution in [-0.4, -0.2) is 28.7 Å². The highest BCUT2D eigenvalue weighted by Gasteiger charge is 2.44. The van der Waals surface area contributed by atoms with Crippen LogP contribution in [0.1, 0.15) is 63.1 Å². The zero-order valence-corrected chi connectivity index (χ0v) is 18.1. The zero-order valence-electron chi connectivity index (χ0n) is 18.1. The summed E-state index contributed by atoms with van der Waals surface area (Å²) < 4.78 is 11.9. The average Bonchev–Trinajstić information content (AvgIpc) is 3.00. The first-order valence-electron chi connectivity index (χ1n) is 10.9. The molecule has 31 heavy (non-hydrogen) atoms. The van der Waals surface area contributed by atoms with Gasteiger partial charge in [0.1, 0.15) is 17.4 Å². The van der Waals surface area contributed by atoms with Crippen LogP contribution in [0.3, 0.4) is 0 Å². The van der Waals surface area contributed by atoms with Crippen LogP contribution in [0.15, 0.2) is 48.0 Å². The number of piperidine rings is 1. The molecule has 0 aromatic heterocycles. The average molecular weight is 415 g/mol. The maximum atomic E-state index is 12.9. The van der Waals surface area contributed by atoms with Crippen molar-refractivity contribution in [1.82, 2.24) is 4.90 Å². The number of para-hydroxylation sites is 2. The van der Waals surface area contributed by atoms with Gasteiger partial charge in [0.25, 0.3) is 0 Å². The Morgan fingerprint density at radius 3 is 2.42 bits per heavy atom. The quantitative estimate of drug-likeness (QED) is 0.451. The number of fused-ring (bicyclic) bond motifs is 4. The van der Waals surface area contributed by atoms with Crippen molar-refractivity contribution in [3.05, 3.63) is 64.7 Å². The van der Waals surface area contributed by atoms with Crippen LogP contribution in [0.4, 0.5) is 4.79 Å². The number of hydrogen-bond donors (Lipinski definition) is 0. The van der Waals surface area contributed by atoms with Crippen molar-refractivity contribution in [2.45, 2.75) is 64.1 Å². The van der Waals surface area contributed by atoms with Gasteiger partial charge in [0.2, 0.25) is 0 Å². The van der Waals surface area contributed by atoms with Crippen LogP contribution < -0.4 is 4.74 Å². The molecule has 2 aromatic rings. The number of ether oxygens (including phenoxy) is 2. The van der Waals surface area contributed by atoms with E-state index in [2.05, 4.69) is 12.1 Å². The van der Waals surface area contributed by atoms with Gasteiger partial charge in [-0.2, -0.15) is 5.26 Å². The maximum Gasteiger partial charge on any atom is 0.410 e. The van der Waals surface area contributed by atoms with Crippen LogP contribution >= 0.6 is 0 Å². The second-order valence-electron chi connectivity index (χ2n) is 9.55. The van der Waals surface area contributed by atoms with Gasteiger partial charge in [0.15, 0.2) is 5.75 Å². The lowest BCUT2D eigenvalue weighted by Crippen LogP contribution is -2.47. The van der Waals surface area contributed by atoms with Crippen molar-refractivity contribution in [1.29, 1.82) is 5.26 Å². The molecule has 1 amide bonds. The first-order valence-corrected chi connectivity index (χ1v) is 10.9. The fourth-order valence-electron chi connectivity index (χ4n) is 5.16. The van der Waals surface area contributed by atoms with E-state index in [1.807, 2.05) is 56.0 Å². The first-order chi connectivity index (χ1) is 14.9. The molecule has 3 aliphatic heterocycles. The van der Waals surface area contributed by atoms with E-state index in [1.54, 1.807) is 6.07 Å². The summed E-state index contributed by atoms with van der Waals surface area (Å²) in [4.78, 5) is 14.8. The van der Waals surface area contributed by atoms with Gasteiger partial charge >= 0.3 is 6.09 Å². The Morgan fingerprint density at radius 1 is 1.06 bits per heavy atom. The maximum absolute atomic E-state index is 12.9. The lowest BCUT2D eigenvalue weighted by molar-refractivity contribution is 0.0115. The van der Waals surface area contributed by atoms with E-state index in [-0.39, 0.29) is 18.2 Å². The summed E-state index contributed by atoms with van der Waals surface area (Å²) in [5, 5.41) is 9.62. The van der Waals surface area contributed by atoms with E-state index in [0.29, 0.717) is 11.3 Å². The van der Waals surface area contributed by atoms with Crippen molar-refractivity contribution in [2.75, 3.05) is 0 Å². The van der Waals surface area contributed by atoms with Crippen molar-refractivity contribution in [3.63, 3.8) is 0 Å². The largest absolute Gasteiger partial charge is 0.455 e. The molecule has 5 rings (SSSR count). The molecular weight excluding hydrogens is 388 g/mol. The van der Waals surface area contributed by atoms with E-state index in [9.17, 15) is 10.1 Å². The number of carbonyl (C=O) groups is 1. The number of rotatable bonds is 0. The Morgan fingerprint density at radius 2 is 1.74 bits per heavy atom. The van der Waals surface area contributed by atoms with Crippen molar-refractivity contribution in [2.24, 2.45) is 0 Å². The predicted molar refractivity (Wildman–Crippen MR) is 118 cm³/mol. The van der Waals surface area contributed by atoms with Gasteiger partial charge in [-0.1, -0.05) is 35.9 Å². The molecule has 3 heterocycles. The molecule has 2 saturated heterocycles.